The summed E-state index contributed by atoms with van der Waals surface area (Å²) in [5.41, 5.74) is 0.876. The Kier molecular flexibility index (Phi) is 6.93. The molecule has 130 valence electrons. The summed E-state index contributed by atoms with van der Waals surface area (Å²) in [5.74, 6) is 1.30. The minimum Gasteiger partial charge on any atom is -0.490 e. The van der Waals surface area contributed by atoms with Crippen molar-refractivity contribution in [2.24, 2.45) is 0 Å². The maximum Gasteiger partial charge on any atom is 0.224 e. The molecule has 0 aliphatic heterocycles. The molecule has 0 fully saturated rings. The van der Waals surface area contributed by atoms with Gasteiger partial charge in [-0.3, -0.25) is 9.48 Å². The predicted octanol–water partition coefficient (Wildman–Crippen LogP) is 2.69. The Balaban J connectivity index is 1.87. The number of ether oxygens (including phenoxy) is 2. The molecule has 0 radical (unpaired) electrons. The van der Waals surface area contributed by atoms with E-state index in [2.05, 4.69) is 10.4 Å². The number of carbonyl (C=O) groups is 1. The molecule has 0 aliphatic rings. The first-order valence-corrected chi connectivity index (χ1v) is 8.33. The van der Waals surface area contributed by atoms with Gasteiger partial charge < -0.3 is 14.8 Å². The summed E-state index contributed by atoms with van der Waals surface area (Å²) in [7, 11) is 0. The molecule has 1 N–H and O–H groups in total. The molecule has 7 heteroatoms. The molecule has 0 bridgehead atoms. The molecule has 2 rings (SSSR count). The van der Waals surface area contributed by atoms with Gasteiger partial charge in [0, 0.05) is 12.7 Å². The van der Waals surface area contributed by atoms with Crippen LogP contribution < -0.4 is 14.8 Å². The van der Waals surface area contributed by atoms with Crippen LogP contribution in [0.1, 0.15) is 19.4 Å². The topological polar surface area (TPSA) is 65.4 Å². The number of rotatable bonds is 9. The van der Waals surface area contributed by atoms with Gasteiger partial charge >= 0.3 is 0 Å². The molecule has 1 heterocycles. The molecule has 6 nitrogen and oxygen atoms in total. The van der Waals surface area contributed by atoms with Crippen molar-refractivity contribution in [3.63, 3.8) is 0 Å². The monoisotopic (exact) mass is 351 g/mol. The smallest absolute Gasteiger partial charge is 0.224 e. The number of hydrogen-bond donors (Lipinski definition) is 1. The van der Waals surface area contributed by atoms with Crippen LogP contribution >= 0.6 is 11.6 Å². The average Bonchev–Trinajstić information content (AvgIpc) is 2.96. The quantitative estimate of drug-likeness (QED) is 0.754. The molecule has 0 aliphatic carbocycles. The summed E-state index contributed by atoms with van der Waals surface area (Å²) < 4.78 is 12.8. The highest BCUT2D eigenvalue weighted by atomic mass is 35.5. The molecule has 1 aromatic heterocycles. The van der Waals surface area contributed by atoms with E-state index in [1.807, 2.05) is 32.0 Å². The number of halogens is 1. The zero-order valence-corrected chi connectivity index (χ0v) is 14.7. The fourth-order valence-electron chi connectivity index (χ4n) is 2.22. The van der Waals surface area contributed by atoms with Gasteiger partial charge in [-0.1, -0.05) is 17.7 Å². The van der Waals surface area contributed by atoms with Crippen molar-refractivity contribution in [3.8, 4) is 11.5 Å². The highest BCUT2D eigenvalue weighted by Crippen LogP contribution is 2.28. The van der Waals surface area contributed by atoms with Crippen LogP contribution in [0.25, 0.3) is 0 Å². The highest BCUT2D eigenvalue weighted by molar-refractivity contribution is 6.30. The molecule has 24 heavy (non-hydrogen) atoms. The van der Waals surface area contributed by atoms with Gasteiger partial charge in [0.15, 0.2) is 11.5 Å². The lowest BCUT2D eigenvalue weighted by molar-refractivity contribution is -0.120. The number of hydrogen-bond acceptors (Lipinski definition) is 4. The Bertz CT molecular complexity index is 673. The largest absolute Gasteiger partial charge is 0.490 e. The fraction of sp³-hybridized carbons (Fsp3) is 0.412. The van der Waals surface area contributed by atoms with Crippen molar-refractivity contribution in [3.05, 3.63) is 41.2 Å². The summed E-state index contributed by atoms with van der Waals surface area (Å²) in [6.45, 7) is 6.01. The van der Waals surface area contributed by atoms with Crippen LogP contribution in [0.3, 0.4) is 0 Å². The summed E-state index contributed by atoms with van der Waals surface area (Å²) in [4.78, 5) is 12.0. The zero-order chi connectivity index (χ0) is 17.4. The average molecular weight is 352 g/mol. The third-order valence-electron chi connectivity index (χ3n) is 3.24. The van der Waals surface area contributed by atoms with E-state index < -0.39 is 0 Å². The standard InChI is InChI=1S/C17H22ClN3O3/c1-3-23-15-6-5-13(9-16(15)24-4-2)10-17(22)19-7-8-21-12-14(18)11-20-21/h5-6,9,11-12H,3-4,7-8,10H2,1-2H3,(H,19,22). The second kappa shape index (κ2) is 9.17. The van der Waals surface area contributed by atoms with E-state index in [9.17, 15) is 4.79 Å². The number of nitrogens with one attached hydrogen (secondary N) is 1. The maximum absolute atomic E-state index is 12.0. The van der Waals surface area contributed by atoms with Crippen molar-refractivity contribution in [1.29, 1.82) is 0 Å². The lowest BCUT2D eigenvalue weighted by Crippen LogP contribution is -2.28. The van der Waals surface area contributed by atoms with Crippen molar-refractivity contribution < 1.29 is 14.3 Å². The van der Waals surface area contributed by atoms with Crippen LogP contribution in [0, 0.1) is 0 Å². The Morgan fingerprint density at radius 3 is 2.67 bits per heavy atom. The molecule has 2 aromatic rings. The number of carbonyl (C=O) groups excluding carboxylic acids is 1. The van der Waals surface area contributed by atoms with E-state index >= 15 is 0 Å². The summed E-state index contributed by atoms with van der Waals surface area (Å²) in [6, 6.07) is 5.56. The Morgan fingerprint density at radius 2 is 2.00 bits per heavy atom. The van der Waals surface area contributed by atoms with Gasteiger partial charge in [0.25, 0.3) is 0 Å². The third-order valence-corrected chi connectivity index (χ3v) is 3.43. The first kappa shape index (κ1) is 18.1. The van der Waals surface area contributed by atoms with E-state index in [1.54, 1.807) is 17.1 Å². The number of amides is 1. The van der Waals surface area contributed by atoms with Gasteiger partial charge in [0.2, 0.25) is 5.91 Å². The van der Waals surface area contributed by atoms with Crippen molar-refractivity contribution in [2.45, 2.75) is 26.8 Å². The van der Waals surface area contributed by atoms with Crippen LogP contribution in [-0.4, -0.2) is 35.4 Å². The third kappa shape index (κ3) is 5.45. The maximum atomic E-state index is 12.0. The Hall–Kier alpha value is -2.21. The van der Waals surface area contributed by atoms with E-state index in [0.29, 0.717) is 42.8 Å². The van der Waals surface area contributed by atoms with Gasteiger partial charge in [0.1, 0.15) is 0 Å². The van der Waals surface area contributed by atoms with E-state index in [-0.39, 0.29) is 12.3 Å². The SMILES string of the molecule is CCOc1ccc(CC(=O)NCCn2cc(Cl)cn2)cc1OCC. The number of benzene rings is 1. The Morgan fingerprint density at radius 1 is 1.25 bits per heavy atom. The lowest BCUT2D eigenvalue weighted by Gasteiger charge is -2.12. The van der Waals surface area contributed by atoms with E-state index in [0.717, 1.165) is 5.56 Å². The van der Waals surface area contributed by atoms with Gasteiger partial charge in [-0.25, -0.2) is 0 Å². The summed E-state index contributed by atoms with van der Waals surface area (Å²) in [5, 5.41) is 7.51. The minimum absolute atomic E-state index is 0.0557. The normalized spacial score (nSPS) is 10.5. The molecular formula is C17H22ClN3O3. The van der Waals surface area contributed by atoms with Crippen LogP contribution in [0.4, 0.5) is 0 Å². The van der Waals surface area contributed by atoms with Crippen molar-refractivity contribution >= 4 is 17.5 Å². The molecule has 0 spiro atoms. The Labute approximate surface area is 146 Å². The highest BCUT2D eigenvalue weighted by Gasteiger charge is 2.09. The lowest BCUT2D eigenvalue weighted by atomic mass is 10.1. The van der Waals surface area contributed by atoms with Gasteiger partial charge in [-0.05, 0) is 31.5 Å². The van der Waals surface area contributed by atoms with Crippen molar-refractivity contribution in [1.82, 2.24) is 15.1 Å². The molecular weight excluding hydrogens is 330 g/mol. The number of nitrogens with zero attached hydrogens (tertiary/aromatic N) is 2. The van der Waals surface area contributed by atoms with Crippen LogP contribution in [0.5, 0.6) is 11.5 Å². The zero-order valence-electron chi connectivity index (χ0n) is 13.9. The molecule has 0 saturated carbocycles. The predicted molar refractivity (Wildman–Crippen MR) is 92.7 cm³/mol. The number of aromatic nitrogens is 2. The first-order valence-electron chi connectivity index (χ1n) is 7.95. The van der Waals surface area contributed by atoms with Crippen LogP contribution in [0.2, 0.25) is 5.02 Å². The molecule has 1 aromatic carbocycles. The van der Waals surface area contributed by atoms with Gasteiger partial charge in [-0.2, -0.15) is 5.10 Å². The molecule has 0 unspecified atom stereocenters. The van der Waals surface area contributed by atoms with Gasteiger partial charge in [0.05, 0.1) is 37.4 Å². The molecule has 0 saturated heterocycles. The second-order valence-electron chi connectivity index (χ2n) is 5.10. The molecule has 1 amide bonds. The van der Waals surface area contributed by atoms with E-state index in [4.69, 9.17) is 21.1 Å². The summed E-state index contributed by atoms with van der Waals surface area (Å²) >= 11 is 5.79. The minimum atomic E-state index is -0.0557. The van der Waals surface area contributed by atoms with E-state index in [1.165, 1.54) is 0 Å². The van der Waals surface area contributed by atoms with Gasteiger partial charge in [-0.15, -0.1) is 0 Å². The first-order chi connectivity index (χ1) is 11.6. The van der Waals surface area contributed by atoms with Crippen LogP contribution in [-0.2, 0) is 17.8 Å². The summed E-state index contributed by atoms with van der Waals surface area (Å²) in [6.07, 6.45) is 3.57. The van der Waals surface area contributed by atoms with Crippen LogP contribution in [0.15, 0.2) is 30.6 Å². The van der Waals surface area contributed by atoms with Crippen molar-refractivity contribution in [2.75, 3.05) is 19.8 Å². The molecule has 0 atom stereocenters. The fourth-order valence-corrected chi connectivity index (χ4v) is 2.38. The second-order valence-corrected chi connectivity index (χ2v) is 5.53.